The molecule has 2 fully saturated rings. The Bertz CT molecular complexity index is 1290. The molecule has 4 aromatic heterocycles. The van der Waals surface area contributed by atoms with Gasteiger partial charge in [-0.3, -0.25) is 14.6 Å². The van der Waals surface area contributed by atoms with E-state index in [0.29, 0.717) is 12.1 Å². The van der Waals surface area contributed by atoms with E-state index in [1.807, 2.05) is 49.2 Å². The molecule has 6 heterocycles. The Kier molecular flexibility index (Phi) is 4.96. The van der Waals surface area contributed by atoms with Crippen molar-refractivity contribution >= 4 is 17.2 Å². The third-order valence-corrected chi connectivity index (χ3v) is 6.10. The normalized spacial score (nSPS) is 22.4. The first-order valence-electron chi connectivity index (χ1n) is 11.2. The molecule has 10 nitrogen and oxygen atoms in total. The van der Waals surface area contributed by atoms with Crippen molar-refractivity contribution in [1.82, 2.24) is 34.4 Å². The maximum atomic E-state index is 6.49. The summed E-state index contributed by atoms with van der Waals surface area (Å²) < 4.78 is 15.9. The Labute approximate surface area is 191 Å². The van der Waals surface area contributed by atoms with Gasteiger partial charge in [0.2, 0.25) is 0 Å². The highest BCUT2D eigenvalue weighted by Crippen LogP contribution is 2.32. The fraction of sp³-hybridized carbons (Fsp3) is 0.391. The van der Waals surface area contributed by atoms with Crippen molar-refractivity contribution in [1.29, 1.82) is 0 Å². The number of nitrogens with zero attached hydrogens (tertiary/aromatic N) is 6. The van der Waals surface area contributed by atoms with E-state index < -0.39 is 0 Å². The van der Waals surface area contributed by atoms with Gasteiger partial charge in [-0.2, -0.15) is 5.10 Å². The van der Waals surface area contributed by atoms with Gasteiger partial charge >= 0.3 is 0 Å². The molecular weight excluding hydrogens is 420 g/mol. The molecule has 2 aliphatic rings. The second kappa shape index (κ2) is 8.13. The van der Waals surface area contributed by atoms with Crippen molar-refractivity contribution in [2.75, 3.05) is 18.5 Å². The Hall–Kier alpha value is -3.50. The number of anilines is 2. The maximum absolute atomic E-state index is 6.49. The molecule has 0 radical (unpaired) electrons. The lowest BCUT2D eigenvalue weighted by Gasteiger charge is -2.40. The molecule has 0 amide bonds. The summed E-state index contributed by atoms with van der Waals surface area (Å²) in [6, 6.07) is 2.71. The summed E-state index contributed by atoms with van der Waals surface area (Å²) in [5.41, 5.74) is 4.29. The average molecular weight is 447 g/mol. The van der Waals surface area contributed by atoms with Gasteiger partial charge in [0.1, 0.15) is 17.7 Å². The maximum Gasteiger partial charge on any atom is 0.157 e. The summed E-state index contributed by atoms with van der Waals surface area (Å²) in [5.74, 6) is 1.49. The molecule has 0 spiro atoms. The number of aromatic nitrogens is 6. The second-order valence-electron chi connectivity index (χ2n) is 8.82. The summed E-state index contributed by atoms with van der Waals surface area (Å²) in [4.78, 5) is 13.8. The van der Waals surface area contributed by atoms with Crippen molar-refractivity contribution in [3.05, 3.63) is 48.9 Å². The van der Waals surface area contributed by atoms with Crippen LogP contribution in [-0.2, 0) is 11.8 Å². The first-order chi connectivity index (χ1) is 16.1. The number of hydrogen-bond donors (Lipinski definition) is 2. The van der Waals surface area contributed by atoms with Gasteiger partial charge in [0.05, 0.1) is 49.4 Å². The third-order valence-electron chi connectivity index (χ3n) is 6.10. The molecule has 2 saturated heterocycles. The van der Waals surface area contributed by atoms with Crippen LogP contribution in [0.5, 0.6) is 5.75 Å². The monoisotopic (exact) mass is 446 g/mol. The van der Waals surface area contributed by atoms with E-state index in [9.17, 15) is 0 Å². The second-order valence-corrected chi connectivity index (χ2v) is 8.82. The number of ether oxygens (including phenoxy) is 2. The largest absolute Gasteiger partial charge is 0.488 e. The van der Waals surface area contributed by atoms with Crippen LogP contribution in [0.25, 0.3) is 16.9 Å². The van der Waals surface area contributed by atoms with E-state index in [-0.39, 0.29) is 6.10 Å². The molecule has 10 heteroatoms. The van der Waals surface area contributed by atoms with Crippen LogP contribution >= 0.6 is 0 Å². The van der Waals surface area contributed by atoms with E-state index in [0.717, 1.165) is 65.9 Å². The molecule has 6 rings (SSSR count). The highest BCUT2D eigenvalue weighted by molar-refractivity contribution is 5.68. The summed E-state index contributed by atoms with van der Waals surface area (Å²) in [7, 11) is 1.88. The number of morpholine rings is 1. The predicted octanol–water partition coefficient (Wildman–Crippen LogP) is 2.48. The molecule has 170 valence electrons. The van der Waals surface area contributed by atoms with Crippen molar-refractivity contribution in [3.63, 3.8) is 0 Å². The topological polar surface area (TPSA) is 103 Å². The highest BCUT2D eigenvalue weighted by Gasteiger charge is 2.33. The van der Waals surface area contributed by atoms with Crippen LogP contribution in [0, 0.1) is 6.92 Å². The number of imidazole rings is 1. The number of rotatable bonds is 5. The van der Waals surface area contributed by atoms with Crippen molar-refractivity contribution in [2.45, 2.75) is 38.0 Å². The molecule has 0 saturated carbocycles. The molecule has 2 bridgehead atoms. The van der Waals surface area contributed by atoms with E-state index in [1.165, 1.54) is 0 Å². The van der Waals surface area contributed by atoms with Crippen molar-refractivity contribution < 1.29 is 9.47 Å². The molecule has 33 heavy (non-hydrogen) atoms. The fourth-order valence-corrected chi connectivity index (χ4v) is 4.63. The van der Waals surface area contributed by atoms with Gasteiger partial charge in [-0.05, 0) is 13.0 Å². The van der Waals surface area contributed by atoms with Gasteiger partial charge in [0.15, 0.2) is 5.65 Å². The van der Waals surface area contributed by atoms with Gasteiger partial charge in [0.25, 0.3) is 0 Å². The van der Waals surface area contributed by atoms with E-state index in [1.54, 1.807) is 17.1 Å². The number of aryl methyl sites for hydroxylation is 2. The standard InChI is InChI=1S/C23H26N8O2/c1-14-3-19(21(7-24-14)33-18-4-15-12-32-13-16(5-18)27-15)20-10-31-11-22(29-23(31)8-25-20)28-17-6-26-30(2)9-17/h3,6-11,15-16,18,27-28H,4-5,12-13H2,1-2H3/t15-,16+,18?. The van der Waals surface area contributed by atoms with Crippen LogP contribution in [0.4, 0.5) is 11.5 Å². The zero-order chi connectivity index (χ0) is 22.4. The minimum absolute atomic E-state index is 0.126. The van der Waals surface area contributed by atoms with Crippen LogP contribution in [0.3, 0.4) is 0 Å². The van der Waals surface area contributed by atoms with Crippen LogP contribution < -0.4 is 15.4 Å². The van der Waals surface area contributed by atoms with Gasteiger partial charge in [0, 0.05) is 55.6 Å². The molecule has 0 aromatic carbocycles. The zero-order valence-corrected chi connectivity index (χ0v) is 18.6. The Morgan fingerprint density at radius 3 is 2.73 bits per heavy atom. The molecule has 0 aliphatic carbocycles. The lowest BCUT2D eigenvalue weighted by atomic mass is 9.94. The summed E-state index contributed by atoms with van der Waals surface area (Å²) >= 11 is 0. The number of hydrogen-bond acceptors (Lipinski definition) is 8. The Morgan fingerprint density at radius 2 is 1.94 bits per heavy atom. The minimum Gasteiger partial charge on any atom is -0.488 e. The first kappa shape index (κ1) is 20.1. The quantitative estimate of drug-likeness (QED) is 0.482. The first-order valence-corrected chi connectivity index (χ1v) is 11.2. The lowest BCUT2D eigenvalue weighted by Crippen LogP contribution is -2.56. The van der Waals surface area contributed by atoms with Crippen molar-refractivity contribution in [3.8, 4) is 17.0 Å². The summed E-state index contributed by atoms with van der Waals surface area (Å²) in [6.45, 7) is 3.46. The van der Waals surface area contributed by atoms with Gasteiger partial charge < -0.3 is 24.5 Å². The molecular formula is C23H26N8O2. The molecule has 4 aromatic rings. The summed E-state index contributed by atoms with van der Waals surface area (Å²) in [5, 5.41) is 11.1. The number of nitrogens with one attached hydrogen (secondary N) is 2. The number of pyridine rings is 1. The Morgan fingerprint density at radius 1 is 1.09 bits per heavy atom. The van der Waals surface area contributed by atoms with E-state index in [2.05, 4.69) is 30.7 Å². The SMILES string of the molecule is Cc1cc(-c2cn3cc(Nc4cnn(C)c4)nc3cn2)c(OC2C[C@H]3COC[C@@H](C2)N3)cn1. The van der Waals surface area contributed by atoms with Gasteiger partial charge in [-0.15, -0.1) is 0 Å². The molecule has 2 N–H and O–H groups in total. The van der Waals surface area contributed by atoms with E-state index in [4.69, 9.17) is 9.47 Å². The van der Waals surface area contributed by atoms with Crippen LogP contribution in [0.2, 0.25) is 0 Å². The minimum atomic E-state index is 0.126. The van der Waals surface area contributed by atoms with E-state index >= 15 is 0 Å². The highest BCUT2D eigenvalue weighted by atomic mass is 16.5. The third kappa shape index (κ3) is 4.14. The Balaban J connectivity index is 1.28. The molecule has 2 aliphatic heterocycles. The average Bonchev–Trinajstić information content (AvgIpc) is 3.39. The lowest BCUT2D eigenvalue weighted by molar-refractivity contribution is -0.0122. The van der Waals surface area contributed by atoms with Gasteiger partial charge in [-0.1, -0.05) is 0 Å². The van der Waals surface area contributed by atoms with Crippen LogP contribution in [-0.4, -0.2) is 60.5 Å². The molecule has 3 atom stereocenters. The van der Waals surface area contributed by atoms with Crippen molar-refractivity contribution in [2.24, 2.45) is 7.05 Å². The summed E-state index contributed by atoms with van der Waals surface area (Å²) in [6.07, 6.45) is 13.1. The van der Waals surface area contributed by atoms with Crippen LogP contribution in [0.15, 0.2) is 43.2 Å². The number of piperidine rings is 1. The van der Waals surface area contributed by atoms with Gasteiger partial charge in [-0.25, -0.2) is 4.98 Å². The smallest absolute Gasteiger partial charge is 0.157 e. The predicted molar refractivity (Wildman–Crippen MR) is 123 cm³/mol. The fourth-order valence-electron chi connectivity index (χ4n) is 4.63. The zero-order valence-electron chi connectivity index (χ0n) is 18.6. The van der Waals surface area contributed by atoms with Crippen LogP contribution in [0.1, 0.15) is 18.5 Å². The molecule has 1 unspecified atom stereocenters. The number of fused-ring (bicyclic) bond motifs is 3.